The first-order chi connectivity index (χ1) is 9.93. The Morgan fingerprint density at radius 1 is 1.29 bits per heavy atom. The predicted octanol–water partition coefficient (Wildman–Crippen LogP) is 3.89. The summed E-state index contributed by atoms with van der Waals surface area (Å²) < 4.78 is 1.96. The Morgan fingerprint density at radius 3 is 2.52 bits per heavy atom. The smallest absolute Gasteiger partial charge is 0.0628 e. The largest absolute Gasteiger partial charge is 0.313 e. The minimum Gasteiger partial charge on any atom is -0.313 e. The number of nitrogens with one attached hydrogen (secondary N) is 1. The molecule has 0 aliphatic carbocycles. The summed E-state index contributed by atoms with van der Waals surface area (Å²) in [4.78, 5) is 0. The first kappa shape index (κ1) is 16.1. The van der Waals surface area contributed by atoms with Gasteiger partial charge in [-0.05, 0) is 63.4 Å². The molecule has 1 heterocycles. The summed E-state index contributed by atoms with van der Waals surface area (Å²) in [7, 11) is 4.00. The van der Waals surface area contributed by atoms with E-state index in [4.69, 9.17) is 11.6 Å². The topological polar surface area (TPSA) is 29.9 Å². The minimum atomic E-state index is 0.308. The number of aryl methyl sites for hydroxylation is 3. The number of rotatable bonds is 5. The molecule has 114 valence electrons. The van der Waals surface area contributed by atoms with E-state index in [1.807, 2.05) is 25.7 Å². The van der Waals surface area contributed by atoms with Crippen LogP contribution in [0.3, 0.4) is 0 Å². The summed E-state index contributed by atoms with van der Waals surface area (Å²) >= 11 is 6.24. The van der Waals surface area contributed by atoms with Crippen LogP contribution in [-0.2, 0) is 13.5 Å². The SMILES string of the molecule is CNC(CCc1c(C)nn(C)c1C)c1ccc(C)c(Cl)c1. The van der Waals surface area contributed by atoms with Crippen molar-refractivity contribution >= 4 is 11.6 Å². The highest BCUT2D eigenvalue weighted by Gasteiger charge is 2.14. The molecule has 1 atom stereocenters. The van der Waals surface area contributed by atoms with Crippen molar-refractivity contribution in [2.45, 2.75) is 39.7 Å². The number of benzene rings is 1. The van der Waals surface area contributed by atoms with Crippen molar-refractivity contribution in [1.82, 2.24) is 15.1 Å². The Balaban J connectivity index is 2.14. The quantitative estimate of drug-likeness (QED) is 0.908. The lowest BCUT2D eigenvalue weighted by atomic mass is 9.97. The van der Waals surface area contributed by atoms with Crippen LogP contribution in [0.2, 0.25) is 5.02 Å². The van der Waals surface area contributed by atoms with Crippen LogP contribution in [0.25, 0.3) is 0 Å². The third-order valence-electron chi connectivity index (χ3n) is 4.29. The highest BCUT2D eigenvalue weighted by molar-refractivity contribution is 6.31. The van der Waals surface area contributed by atoms with Crippen LogP contribution in [0, 0.1) is 20.8 Å². The number of hydrogen-bond donors (Lipinski definition) is 1. The maximum Gasteiger partial charge on any atom is 0.0628 e. The van der Waals surface area contributed by atoms with Gasteiger partial charge in [0.05, 0.1) is 5.69 Å². The van der Waals surface area contributed by atoms with Gasteiger partial charge in [0, 0.05) is 23.8 Å². The van der Waals surface area contributed by atoms with Gasteiger partial charge in [0.1, 0.15) is 0 Å². The van der Waals surface area contributed by atoms with Crippen LogP contribution in [-0.4, -0.2) is 16.8 Å². The Kier molecular flexibility index (Phi) is 5.07. The van der Waals surface area contributed by atoms with Gasteiger partial charge in [0.2, 0.25) is 0 Å². The third kappa shape index (κ3) is 3.47. The van der Waals surface area contributed by atoms with Crippen molar-refractivity contribution in [3.05, 3.63) is 51.3 Å². The zero-order chi connectivity index (χ0) is 15.6. The van der Waals surface area contributed by atoms with Crippen molar-refractivity contribution < 1.29 is 0 Å². The number of halogens is 1. The normalized spacial score (nSPS) is 12.7. The van der Waals surface area contributed by atoms with E-state index in [2.05, 4.69) is 42.5 Å². The van der Waals surface area contributed by atoms with Crippen LogP contribution in [0.15, 0.2) is 18.2 Å². The van der Waals surface area contributed by atoms with Gasteiger partial charge in [-0.2, -0.15) is 5.10 Å². The molecule has 0 saturated carbocycles. The van der Waals surface area contributed by atoms with Gasteiger partial charge in [0.25, 0.3) is 0 Å². The Labute approximate surface area is 132 Å². The molecule has 1 unspecified atom stereocenters. The molecule has 0 spiro atoms. The van der Waals surface area contributed by atoms with Gasteiger partial charge in [-0.1, -0.05) is 23.7 Å². The highest BCUT2D eigenvalue weighted by atomic mass is 35.5. The van der Waals surface area contributed by atoms with Crippen molar-refractivity contribution in [2.75, 3.05) is 7.05 Å². The summed E-state index contributed by atoms with van der Waals surface area (Å²) in [5, 5.41) is 8.72. The van der Waals surface area contributed by atoms with Crippen LogP contribution in [0.1, 0.15) is 40.5 Å². The van der Waals surface area contributed by atoms with E-state index in [1.54, 1.807) is 0 Å². The minimum absolute atomic E-state index is 0.308. The zero-order valence-electron chi connectivity index (χ0n) is 13.5. The van der Waals surface area contributed by atoms with Crippen molar-refractivity contribution in [3.63, 3.8) is 0 Å². The highest BCUT2D eigenvalue weighted by Crippen LogP contribution is 2.25. The molecule has 0 aliphatic heterocycles. The molecule has 2 aromatic rings. The maximum atomic E-state index is 6.24. The van der Waals surface area contributed by atoms with Crippen LogP contribution < -0.4 is 5.32 Å². The fourth-order valence-corrected chi connectivity index (χ4v) is 2.96. The Bertz CT molecular complexity index is 631. The second-order valence-corrected chi connectivity index (χ2v) is 6.07. The lowest BCUT2D eigenvalue weighted by Crippen LogP contribution is -2.17. The first-order valence-corrected chi connectivity index (χ1v) is 7.74. The molecule has 0 saturated heterocycles. The molecule has 21 heavy (non-hydrogen) atoms. The van der Waals surface area contributed by atoms with Crippen molar-refractivity contribution in [2.24, 2.45) is 7.05 Å². The van der Waals surface area contributed by atoms with E-state index in [9.17, 15) is 0 Å². The molecular weight excluding hydrogens is 282 g/mol. The van der Waals surface area contributed by atoms with Crippen LogP contribution >= 0.6 is 11.6 Å². The maximum absolute atomic E-state index is 6.24. The van der Waals surface area contributed by atoms with Crippen molar-refractivity contribution in [1.29, 1.82) is 0 Å². The molecule has 0 fully saturated rings. The average Bonchev–Trinajstić information content (AvgIpc) is 2.69. The van der Waals surface area contributed by atoms with E-state index in [-0.39, 0.29) is 0 Å². The van der Waals surface area contributed by atoms with E-state index >= 15 is 0 Å². The fraction of sp³-hybridized carbons (Fsp3) is 0.471. The van der Waals surface area contributed by atoms with Crippen LogP contribution in [0.4, 0.5) is 0 Å². The molecule has 0 amide bonds. The van der Waals surface area contributed by atoms with E-state index in [0.29, 0.717) is 6.04 Å². The Morgan fingerprint density at radius 2 is 2.00 bits per heavy atom. The fourth-order valence-electron chi connectivity index (χ4n) is 2.77. The van der Waals surface area contributed by atoms with E-state index in [0.717, 1.165) is 29.1 Å². The lowest BCUT2D eigenvalue weighted by Gasteiger charge is -2.17. The zero-order valence-corrected chi connectivity index (χ0v) is 14.3. The van der Waals surface area contributed by atoms with E-state index in [1.165, 1.54) is 16.8 Å². The molecular formula is C17H24ClN3. The second kappa shape index (κ2) is 6.63. The average molecular weight is 306 g/mol. The molecule has 0 radical (unpaired) electrons. The molecule has 2 rings (SSSR count). The summed E-state index contributed by atoms with van der Waals surface area (Å²) in [6, 6.07) is 6.62. The monoisotopic (exact) mass is 305 g/mol. The van der Waals surface area contributed by atoms with Gasteiger partial charge in [-0.25, -0.2) is 0 Å². The molecule has 0 bridgehead atoms. The molecule has 1 N–H and O–H groups in total. The van der Waals surface area contributed by atoms with Gasteiger partial charge in [-0.15, -0.1) is 0 Å². The summed E-state index contributed by atoms with van der Waals surface area (Å²) in [5.41, 5.74) is 6.11. The van der Waals surface area contributed by atoms with Gasteiger partial charge in [-0.3, -0.25) is 4.68 Å². The standard InChI is InChI=1S/C17H24ClN3/c1-11-6-7-14(10-16(11)18)17(19-4)9-8-15-12(2)20-21(5)13(15)3/h6-7,10,17,19H,8-9H2,1-5H3. The molecule has 1 aromatic carbocycles. The van der Waals surface area contributed by atoms with Crippen LogP contribution in [0.5, 0.6) is 0 Å². The first-order valence-electron chi connectivity index (χ1n) is 7.36. The Hall–Kier alpha value is -1.32. The molecule has 4 heteroatoms. The summed E-state index contributed by atoms with van der Waals surface area (Å²) in [5.74, 6) is 0. The van der Waals surface area contributed by atoms with Gasteiger partial charge >= 0.3 is 0 Å². The third-order valence-corrected chi connectivity index (χ3v) is 4.70. The second-order valence-electron chi connectivity index (χ2n) is 5.66. The summed E-state index contributed by atoms with van der Waals surface area (Å²) in [6.07, 6.45) is 2.05. The lowest BCUT2D eigenvalue weighted by molar-refractivity contribution is 0.547. The van der Waals surface area contributed by atoms with E-state index < -0.39 is 0 Å². The molecule has 3 nitrogen and oxygen atoms in total. The summed E-state index contributed by atoms with van der Waals surface area (Å²) in [6.45, 7) is 6.24. The van der Waals surface area contributed by atoms with Crippen molar-refractivity contribution in [3.8, 4) is 0 Å². The van der Waals surface area contributed by atoms with Gasteiger partial charge in [0.15, 0.2) is 0 Å². The number of hydrogen-bond acceptors (Lipinski definition) is 2. The predicted molar refractivity (Wildman–Crippen MR) is 89.0 cm³/mol. The molecule has 0 aliphatic rings. The number of aromatic nitrogens is 2. The van der Waals surface area contributed by atoms with Gasteiger partial charge < -0.3 is 5.32 Å². The molecule has 1 aromatic heterocycles. The number of nitrogens with zero attached hydrogens (tertiary/aromatic N) is 2.